The summed E-state index contributed by atoms with van der Waals surface area (Å²) in [6.07, 6.45) is 1.40. The van der Waals surface area contributed by atoms with Crippen molar-refractivity contribution in [2.24, 2.45) is 5.10 Å². The molecule has 0 aliphatic carbocycles. The Labute approximate surface area is 91.0 Å². The molecule has 0 aliphatic heterocycles. The van der Waals surface area contributed by atoms with Crippen LogP contribution in [0.4, 0.5) is 0 Å². The third-order valence-electron chi connectivity index (χ3n) is 1.60. The Kier molecular flexibility index (Phi) is 3.51. The van der Waals surface area contributed by atoms with Crippen LogP contribution in [0.2, 0.25) is 5.02 Å². The highest BCUT2D eigenvalue weighted by Crippen LogP contribution is 2.33. The number of carbonyl (C=O) groups is 1. The Morgan fingerprint density at radius 1 is 1.53 bits per heavy atom. The molecule has 6 heteroatoms. The summed E-state index contributed by atoms with van der Waals surface area (Å²) in [4.78, 5) is 11.3. The molecular weight excluding hydrogens is 220 g/mol. The quantitative estimate of drug-likeness (QED) is 0.407. The monoisotopic (exact) mass is 228 g/mol. The molecule has 0 radical (unpaired) electrons. The summed E-state index contributed by atoms with van der Waals surface area (Å²) >= 11 is 5.57. The Hall–Kier alpha value is -1.75. The smallest absolute Gasteiger partial charge is 0.271 e. The molecule has 0 bridgehead atoms. The zero-order chi connectivity index (χ0) is 11.4. The van der Waals surface area contributed by atoms with Crippen LogP contribution >= 0.6 is 11.6 Å². The number of nitrogens with zero attached hydrogens (tertiary/aromatic N) is 1. The van der Waals surface area contributed by atoms with Gasteiger partial charge in [0.2, 0.25) is 0 Å². The van der Waals surface area contributed by atoms with E-state index in [9.17, 15) is 9.90 Å². The highest BCUT2D eigenvalue weighted by molar-refractivity contribution is 6.32. The SMILES string of the molecule is C/C=N/NC(=O)c1cc(O)c(O)c(Cl)c1. The summed E-state index contributed by atoms with van der Waals surface area (Å²) in [7, 11) is 0. The van der Waals surface area contributed by atoms with Crippen molar-refractivity contribution in [3.63, 3.8) is 0 Å². The number of carbonyl (C=O) groups excluding carboxylic acids is 1. The number of hydrogen-bond donors (Lipinski definition) is 3. The molecule has 0 saturated heterocycles. The van der Waals surface area contributed by atoms with Crippen LogP contribution in [0.15, 0.2) is 17.2 Å². The first-order valence-electron chi connectivity index (χ1n) is 4.05. The Balaban J connectivity index is 3.01. The first-order valence-corrected chi connectivity index (χ1v) is 4.43. The number of rotatable bonds is 2. The highest BCUT2D eigenvalue weighted by atomic mass is 35.5. The molecule has 1 aromatic carbocycles. The van der Waals surface area contributed by atoms with Crippen molar-refractivity contribution in [2.45, 2.75) is 6.92 Å². The van der Waals surface area contributed by atoms with Crippen molar-refractivity contribution in [3.05, 3.63) is 22.7 Å². The first kappa shape index (κ1) is 11.3. The van der Waals surface area contributed by atoms with E-state index in [1.165, 1.54) is 12.3 Å². The fraction of sp³-hybridized carbons (Fsp3) is 0.111. The lowest BCUT2D eigenvalue weighted by Crippen LogP contribution is -2.17. The number of phenols is 2. The van der Waals surface area contributed by atoms with Crippen LogP contribution in [-0.4, -0.2) is 22.3 Å². The normalized spacial score (nSPS) is 10.5. The van der Waals surface area contributed by atoms with Gasteiger partial charge < -0.3 is 10.2 Å². The summed E-state index contributed by atoms with van der Waals surface area (Å²) in [5.41, 5.74) is 2.31. The van der Waals surface area contributed by atoms with Gasteiger partial charge in [-0.1, -0.05) is 11.6 Å². The van der Waals surface area contributed by atoms with E-state index < -0.39 is 17.4 Å². The minimum atomic E-state index is -0.523. The van der Waals surface area contributed by atoms with Gasteiger partial charge in [0.1, 0.15) is 0 Å². The Morgan fingerprint density at radius 2 is 2.20 bits per heavy atom. The molecular formula is C9H9ClN2O3. The molecule has 0 aromatic heterocycles. The average Bonchev–Trinajstić information content (AvgIpc) is 2.21. The number of amides is 1. The highest BCUT2D eigenvalue weighted by Gasteiger charge is 2.11. The predicted octanol–water partition coefficient (Wildman–Crippen LogP) is 1.49. The van der Waals surface area contributed by atoms with Crippen LogP contribution in [0.3, 0.4) is 0 Å². The van der Waals surface area contributed by atoms with Gasteiger partial charge in [0.25, 0.3) is 5.91 Å². The van der Waals surface area contributed by atoms with Gasteiger partial charge in [0.15, 0.2) is 11.5 Å². The molecule has 1 aromatic rings. The van der Waals surface area contributed by atoms with Crippen molar-refractivity contribution in [1.82, 2.24) is 5.43 Å². The molecule has 1 rings (SSSR count). The minimum absolute atomic E-state index is 0.0966. The predicted molar refractivity (Wildman–Crippen MR) is 56.4 cm³/mol. The maximum absolute atomic E-state index is 11.3. The molecule has 0 atom stereocenters. The van der Waals surface area contributed by atoms with Gasteiger partial charge in [-0.2, -0.15) is 5.10 Å². The first-order chi connectivity index (χ1) is 7.06. The number of hydrazone groups is 1. The van der Waals surface area contributed by atoms with Gasteiger partial charge >= 0.3 is 0 Å². The van der Waals surface area contributed by atoms with E-state index in [2.05, 4.69) is 10.5 Å². The maximum atomic E-state index is 11.3. The molecule has 3 N–H and O–H groups in total. The van der Waals surface area contributed by atoms with Gasteiger partial charge in [0, 0.05) is 11.8 Å². The minimum Gasteiger partial charge on any atom is -0.504 e. The van der Waals surface area contributed by atoms with Crippen LogP contribution in [0.25, 0.3) is 0 Å². The van der Waals surface area contributed by atoms with E-state index in [0.717, 1.165) is 6.07 Å². The van der Waals surface area contributed by atoms with Gasteiger partial charge in [-0.25, -0.2) is 5.43 Å². The molecule has 0 fully saturated rings. The molecule has 0 saturated carbocycles. The van der Waals surface area contributed by atoms with E-state index in [-0.39, 0.29) is 10.6 Å². The van der Waals surface area contributed by atoms with Crippen molar-refractivity contribution in [2.75, 3.05) is 0 Å². The number of halogens is 1. The van der Waals surface area contributed by atoms with Crippen LogP contribution in [0.5, 0.6) is 11.5 Å². The summed E-state index contributed by atoms with van der Waals surface area (Å²) in [6.45, 7) is 1.64. The van der Waals surface area contributed by atoms with Crippen molar-refractivity contribution in [1.29, 1.82) is 0 Å². The van der Waals surface area contributed by atoms with E-state index in [0.29, 0.717) is 0 Å². The van der Waals surface area contributed by atoms with Crippen LogP contribution < -0.4 is 5.43 Å². The van der Waals surface area contributed by atoms with E-state index in [1.807, 2.05) is 0 Å². The lowest BCUT2D eigenvalue weighted by Gasteiger charge is -2.04. The second-order valence-corrected chi connectivity index (χ2v) is 3.06. The number of phenolic OH excluding ortho intramolecular Hbond substituents is 2. The lowest BCUT2D eigenvalue weighted by molar-refractivity contribution is 0.0954. The van der Waals surface area contributed by atoms with Crippen molar-refractivity contribution < 1.29 is 15.0 Å². The largest absolute Gasteiger partial charge is 0.504 e. The number of hydrogen-bond acceptors (Lipinski definition) is 4. The maximum Gasteiger partial charge on any atom is 0.271 e. The second-order valence-electron chi connectivity index (χ2n) is 2.65. The van der Waals surface area contributed by atoms with Crippen molar-refractivity contribution in [3.8, 4) is 11.5 Å². The van der Waals surface area contributed by atoms with Crippen LogP contribution in [0.1, 0.15) is 17.3 Å². The average molecular weight is 229 g/mol. The Bertz CT molecular complexity index is 395. The lowest BCUT2D eigenvalue weighted by atomic mass is 10.2. The molecule has 1 amide bonds. The molecule has 0 unspecified atom stereocenters. The van der Waals surface area contributed by atoms with Gasteiger partial charge in [-0.3, -0.25) is 4.79 Å². The number of aromatic hydroxyl groups is 2. The van der Waals surface area contributed by atoms with Crippen LogP contribution in [0, 0.1) is 0 Å². The molecule has 0 aliphatic rings. The Morgan fingerprint density at radius 3 is 2.73 bits per heavy atom. The van der Waals surface area contributed by atoms with Crippen molar-refractivity contribution >= 4 is 23.7 Å². The molecule has 0 heterocycles. The van der Waals surface area contributed by atoms with E-state index >= 15 is 0 Å². The molecule has 80 valence electrons. The number of benzene rings is 1. The summed E-state index contributed by atoms with van der Waals surface area (Å²) in [5.74, 6) is -1.43. The number of nitrogens with one attached hydrogen (secondary N) is 1. The van der Waals surface area contributed by atoms with Gasteiger partial charge in [-0.05, 0) is 19.1 Å². The van der Waals surface area contributed by atoms with E-state index in [4.69, 9.17) is 16.7 Å². The topological polar surface area (TPSA) is 81.9 Å². The fourth-order valence-electron chi connectivity index (χ4n) is 0.903. The standard InChI is InChI=1S/C9H9ClN2O3/c1-2-11-12-9(15)5-3-6(10)8(14)7(13)4-5/h2-4,13-14H,1H3,(H,12,15)/b11-2+. The third-order valence-corrected chi connectivity index (χ3v) is 1.89. The fourth-order valence-corrected chi connectivity index (χ4v) is 1.12. The molecule has 0 spiro atoms. The summed E-state index contributed by atoms with van der Waals surface area (Å²) in [6, 6.07) is 2.33. The zero-order valence-electron chi connectivity index (χ0n) is 7.86. The third kappa shape index (κ3) is 2.60. The summed E-state index contributed by atoms with van der Waals surface area (Å²) in [5, 5.41) is 21.8. The molecule has 15 heavy (non-hydrogen) atoms. The second kappa shape index (κ2) is 4.65. The summed E-state index contributed by atoms with van der Waals surface area (Å²) < 4.78 is 0. The van der Waals surface area contributed by atoms with Gasteiger partial charge in [-0.15, -0.1) is 0 Å². The van der Waals surface area contributed by atoms with Crippen LogP contribution in [-0.2, 0) is 0 Å². The van der Waals surface area contributed by atoms with Gasteiger partial charge in [0.05, 0.1) is 5.02 Å². The van der Waals surface area contributed by atoms with E-state index in [1.54, 1.807) is 6.92 Å². The zero-order valence-corrected chi connectivity index (χ0v) is 8.62. The molecule has 5 nitrogen and oxygen atoms in total.